The van der Waals surface area contributed by atoms with Crippen LogP contribution in [0.1, 0.15) is 35.7 Å². The van der Waals surface area contributed by atoms with E-state index < -0.39 is 0 Å². The highest BCUT2D eigenvalue weighted by molar-refractivity contribution is 7.80. The Hall–Kier alpha value is -1.42. The Labute approximate surface area is 108 Å². The second-order valence-electron chi connectivity index (χ2n) is 3.93. The topological polar surface area (TPSA) is 41.1 Å². The van der Waals surface area contributed by atoms with Crippen LogP contribution in [-0.2, 0) is 0 Å². The molecule has 1 aromatic rings. The first kappa shape index (κ1) is 13.6. The summed E-state index contributed by atoms with van der Waals surface area (Å²) in [6.45, 7) is 4.89. The van der Waals surface area contributed by atoms with Crippen molar-refractivity contribution >= 4 is 23.2 Å². The summed E-state index contributed by atoms with van der Waals surface area (Å²) in [5.74, 6) is -0.168. The van der Waals surface area contributed by atoms with Gasteiger partial charge in [0.05, 0.1) is 0 Å². The largest absolute Gasteiger partial charge is 0.362 e. The first-order valence-corrected chi connectivity index (χ1v) is 6.20. The van der Waals surface area contributed by atoms with Crippen LogP contribution in [0.3, 0.4) is 0 Å². The van der Waals surface area contributed by atoms with Gasteiger partial charge in [0, 0.05) is 12.1 Å². The van der Waals surface area contributed by atoms with Crippen LogP contribution < -0.4 is 10.6 Å². The van der Waals surface area contributed by atoms with Gasteiger partial charge in [-0.15, -0.1) is 0 Å². The summed E-state index contributed by atoms with van der Waals surface area (Å²) in [6.07, 6.45) is 2.14. The van der Waals surface area contributed by atoms with Gasteiger partial charge in [-0.3, -0.25) is 10.1 Å². The van der Waals surface area contributed by atoms with Gasteiger partial charge in [0.25, 0.3) is 5.91 Å². The van der Waals surface area contributed by atoms with Crippen molar-refractivity contribution in [2.24, 2.45) is 0 Å². The molecule has 0 radical (unpaired) electrons. The highest BCUT2D eigenvalue weighted by atomic mass is 32.1. The third-order valence-corrected chi connectivity index (χ3v) is 2.60. The van der Waals surface area contributed by atoms with E-state index in [2.05, 4.69) is 17.6 Å². The van der Waals surface area contributed by atoms with E-state index in [1.165, 1.54) is 0 Å². The molecule has 1 aromatic carbocycles. The van der Waals surface area contributed by atoms with Crippen molar-refractivity contribution in [3.8, 4) is 0 Å². The van der Waals surface area contributed by atoms with E-state index in [0.717, 1.165) is 24.9 Å². The van der Waals surface area contributed by atoms with E-state index in [-0.39, 0.29) is 5.91 Å². The molecule has 92 valence electrons. The molecule has 0 fully saturated rings. The first-order valence-electron chi connectivity index (χ1n) is 5.79. The Bertz CT molecular complexity index is 387. The summed E-state index contributed by atoms with van der Waals surface area (Å²) in [5, 5.41) is 6.04. The van der Waals surface area contributed by atoms with Gasteiger partial charge in [0.1, 0.15) is 0 Å². The third kappa shape index (κ3) is 4.95. The van der Waals surface area contributed by atoms with Crippen molar-refractivity contribution in [1.82, 2.24) is 10.6 Å². The van der Waals surface area contributed by atoms with Crippen LogP contribution in [0.25, 0.3) is 0 Å². The molecule has 0 saturated heterocycles. The lowest BCUT2D eigenvalue weighted by atomic mass is 10.1. The molecule has 2 N–H and O–H groups in total. The number of rotatable bonds is 4. The maximum Gasteiger partial charge on any atom is 0.257 e. The lowest BCUT2D eigenvalue weighted by Crippen LogP contribution is -2.39. The lowest BCUT2D eigenvalue weighted by molar-refractivity contribution is 0.0976. The number of hydrogen-bond acceptors (Lipinski definition) is 2. The molecule has 0 saturated carbocycles. The highest BCUT2D eigenvalue weighted by Gasteiger charge is 2.06. The van der Waals surface area contributed by atoms with E-state index in [9.17, 15) is 4.79 Å². The Balaban J connectivity index is 2.43. The Kier molecular flexibility index (Phi) is 5.63. The van der Waals surface area contributed by atoms with Gasteiger partial charge in [0.2, 0.25) is 0 Å². The molecule has 0 bridgehead atoms. The van der Waals surface area contributed by atoms with Gasteiger partial charge in [-0.2, -0.15) is 0 Å². The van der Waals surface area contributed by atoms with Crippen LogP contribution in [0, 0.1) is 6.92 Å². The fourth-order valence-corrected chi connectivity index (χ4v) is 1.50. The number of carbonyl (C=O) groups excluding carboxylic acids is 1. The normalized spacial score (nSPS) is 9.76. The summed E-state index contributed by atoms with van der Waals surface area (Å²) in [7, 11) is 0. The number of unbranched alkanes of at least 4 members (excludes halogenated alkanes) is 1. The minimum Gasteiger partial charge on any atom is -0.362 e. The fraction of sp³-hybridized carbons (Fsp3) is 0.385. The average molecular weight is 250 g/mol. The van der Waals surface area contributed by atoms with Gasteiger partial charge in [-0.25, -0.2) is 0 Å². The summed E-state index contributed by atoms with van der Waals surface area (Å²) in [5.41, 5.74) is 1.75. The molecule has 0 aliphatic heterocycles. The minimum absolute atomic E-state index is 0.168. The maximum atomic E-state index is 11.8. The monoisotopic (exact) mass is 250 g/mol. The SMILES string of the molecule is CCCCNC(=S)NC(=O)c1ccc(C)cc1. The zero-order valence-electron chi connectivity index (χ0n) is 10.2. The molecule has 0 aliphatic rings. The summed E-state index contributed by atoms with van der Waals surface area (Å²) in [6, 6.07) is 7.39. The van der Waals surface area contributed by atoms with Crippen molar-refractivity contribution < 1.29 is 4.79 Å². The summed E-state index contributed by atoms with van der Waals surface area (Å²) in [4.78, 5) is 11.8. The van der Waals surface area contributed by atoms with E-state index in [1.54, 1.807) is 12.1 Å². The number of nitrogens with one attached hydrogen (secondary N) is 2. The molecular formula is C13H18N2OS. The lowest BCUT2D eigenvalue weighted by Gasteiger charge is -2.08. The smallest absolute Gasteiger partial charge is 0.257 e. The van der Waals surface area contributed by atoms with Crippen LogP contribution in [0.15, 0.2) is 24.3 Å². The number of hydrogen-bond donors (Lipinski definition) is 2. The molecular weight excluding hydrogens is 232 g/mol. The Morgan fingerprint density at radius 3 is 2.53 bits per heavy atom. The number of amides is 1. The molecule has 17 heavy (non-hydrogen) atoms. The van der Waals surface area contributed by atoms with E-state index >= 15 is 0 Å². The van der Waals surface area contributed by atoms with Crippen molar-refractivity contribution in [2.45, 2.75) is 26.7 Å². The van der Waals surface area contributed by atoms with Crippen LogP contribution >= 0.6 is 12.2 Å². The Morgan fingerprint density at radius 2 is 1.94 bits per heavy atom. The van der Waals surface area contributed by atoms with Crippen LogP contribution in [-0.4, -0.2) is 17.6 Å². The molecule has 0 atom stereocenters. The average Bonchev–Trinajstić information content (AvgIpc) is 2.30. The third-order valence-electron chi connectivity index (χ3n) is 2.36. The predicted octanol–water partition coefficient (Wildman–Crippen LogP) is 2.40. The van der Waals surface area contributed by atoms with Crippen LogP contribution in [0.4, 0.5) is 0 Å². The molecule has 0 unspecified atom stereocenters. The minimum atomic E-state index is -0.168. The molecule has 0 aliphatic carbocycles. The number of thiocarbonyl (C=S) groups is 1. The molecule has 0 aromatic heterocycles. The second-order valence-corrected chi connectivity index (χ2v) is 4.34. The molecule has 3 nitrogen and oxygen atoms in total. The predicted molar refractivity (Wildman–Crippen MR) is 74.2 cm³/mol. The Morgan fingerprint density at radius 1 is 1.29 bits per heavy atom. The van der Waals surface area contributed by atoms with Gasteiger partial charge < -0.3 is 5.32 Å². The number of aryl methyl sites for hydroxylation is 1. The van der Waals surface area contributed by atoms with Gasteiger partial charge in [0.15, 0.2) is 5.11 Å². The maximum absolute atomic E-state index is 11.8. The van der Waals surface area contributed by atoms with Crippen molar-refractivity contribution in [3.63, 3.8) is 0 Å². The number of benzene rings is 1. The van der Waals surface area contributed by atoms with E-state index in [4.69, 9.17) is 12.2 Å². The summed E-state index contributed by atoms with van der Waals surface area (Å²) < 4.78 is 0. The first-order chi connectivity index (χ1) is 8.13. The van der Waals surface area contributed by atoms with E-state index in [1.807, 2.05) is 19.1 Å². The van der Waals surface area contributed by atoms with E-state index in [0.29, 0.717) is 10.7 Å². The second kappa shape index (κ2) is 7.01. The fourth-order valence-electron chi connectivity index (χ4n) is 1.30. The van der Waals surface area contributed by atoms with Crippen molar-refractivity contribution in [3.05, 3.63) is 35.4 Å². The van der Waals surface area contributed by atoms with Gasteiger partial charge in [-0.05, 0) is 37.7 Å². The molecule has 1 rings (SSSR count). The van der Waals surface area contributed by atoms with Crippen LogP contribution in [0.5, 0.6) is 0 Å². The number of carbonyl (C=O) groups is 1. The zero-order chi connectivity index (χ0) is 12.7. The van der Waals surface area contributed by atoms with Gasteiger partial charge in [-0.1, -0.05) is 31.0 Å². The van der Waals surface area contributed by atoms with Crippen LogP contribution in [0.2, 0.25) is 0 Å². The quantitative estimate of drug-likeness (QED) is 0.637. The van der Waals surface area contributed by atoms with Crippen molar-refractivity contribution in [1.29, 1.82) is 0 Å². The zero-order valence-corrected chi connectivity index (χ0v) is 11.1. The molecule has 0 spiro atoms. The highest BCUT2D eigenvalue weighted by Crippen LogP contribution is 2.02. The standard InChI is InChI=1S/C13H18N2OS/c1-3-4-9-14-13(17)15-12(16)11-7-5-10(2)6-8-11/h5-8H,3-4,9H2,1-2H3,(H2,14,15,16,17). The molecule has 1 amide bonds. The molecule has 4 heteroatoms. The van der Waals surface area contributed by atoms with Crippen molar-refractivity contribution in [2.75, 3.05) is 6.54 Å². The van der Waals surface area contributed by atoms with Gasteiger partial charge >= 0.3 is 0 Å². The summed E-state index contributed by atoms with van der Waals surface area (Å²) >= 11 is 5.03. The molecule has 0 heterocycles.